The Kier molecular flexibility index (Phi) is 3.62. The van der Waals surface area contributed by atoms with Gasteiger partial charge in [-0.15, -0.1) is 0 Å². The van der Waals surface area contributed by atoms with Crippen LogP contribution in [-0.4, -0.2) is 60.1 Å². The van der Waals surface area contributed by atoms with Crippen LogP contribution in [-0.2, 0) is 17.1 Å². The summed E-state index contributed by atoms with van der Waals surface area (Å²) in [4.78, 5) is 2.75. The molecule has 0 aromatic carbocycles. The second-order valence-electron chi connectivity index (χ2n) is 6.35. The highest BCUT2D eigenvalue weighted by Gasteiger charge is 2.41. The quantitative estimate of drug-likeness (QED) is 0.826. The minimum Gasteiger partial charge on any atom is -0.302 e. The molecule has 0 spiro atoms. The first-order valence-corrected chi connectivity index (χ1v) is 8.97. The van der Waals surface area contributed by atoms with Gasteiger partial charge in [-0.1, -0.05) is 0 Å². The van der Waals surface area contributed by atoms with Gasteiger partial charge in [0.15, 0.2) is 0 Å². The second-order valence-corrected chi connectivity index (χ2v) is 8.28. The van der Waals surface area contributed by atoms with Gasteiger partial charge in [0.1, 0.15) is 4.90 Å². The van der Waals surface area contributed by atoms with Crippen molar-refractivity contribution in [1.29, 1.82) is 0 Å². The summed E-state index contributed by atoms with van der Waals surface area (Å²) in [7, 11) is 0.0389. The molecule has 1 unspecified atom stereocenters. The number of fused-ring (bicyclic) bond motifs is 3. The van der Waals surface area contributed by atoms with E-state index in [4.69, 9.17) is 0 Å². The molecular formula is C14H24N4O2S. The summed E-state index contributed by atoms with van der Waals surface area (Å²) in [5.41, 5.74) is 1.30. The maximum Gasteiger partial charge on any atom is 0.246 e. The van der Waals surface area contributed by atoms with Gasteiger partial charge in [-0.2, -0.15) is 9.40 Å². The topological polar surface area (TPSA) is 58.4 Å². The summed E-state index contributed by atoms with van der Waals surface area (Å²) < 4.78 is 29.3. The normalized spacial score (nSPS) is 29.3. The molecule has 0 aliphatic carbocycles. The van der Waals surface area contributed by atoms with E-state index in [1.54, 1.807) is 30.0 Å². The minimum absolute atomic E-state index is 0.0940. The zero-order valence-electron chi connectivity index (χ0n) is 13.2. The van der Waals surface area contributed by atoms with Crippen LogP contribution in [0.15, 0.2) is 4.90 Å². The molecule has 6 nitrogen and oxygen atoms in total. The Hall–Kier alpha value is -0.920. The van der Waals surface area contributed by atoms with Crippen molar-refractivity contribution in [2.24, 2.45) is 13.0 Å². The summed E-state index contributed by atoms with van der Waals surface area (Å²) in [6.07, 6.45) is 2.21. The van der Waals surface area contributed by atoms with Gasteiger partial charge in [-0.3, -0.25) is 4.68 Å². The fourth-order valence-electron chi connectivity index (χ4n) is 3.80. The van der Waals surface area contributed by atoms with Crippen molar-refractivity contribution in [2.45, 2.75) is 37.6 Å². The van der Waals surface area contributed by atoms with E-state index >= 15 is 0 Å². The summed E-state index contributed by atoms with van der Waals surface area (Å²) >= 11 is 0. The van der Waals surface area contributed by atoms with Crippen LogP contribution in [0.4, 0.5) is 0 Å². The SMILES string of the molecule is Cc1nn(C)c(C)c1S(=O)(=O)N(C)C1CN2CCC1CC2. The molecule has 0 amide bonds. The van der Waals surface area contributed by atoms with Gasteiger partial charge in [0.2, 0.25) is 10.0 Å². The van der Waals surface area contributed by atoms with Crippen molar-refractivity contribution in [1.82, 2.24) is 19.0 Å². The number of hydrogen-bond acceptors (Lipinski definition) is 4. The molecule has 3 aliphatic heterocycles. The number of rotatable bonds is 3. The fourth-order valence-corrected chi connectivity index (χ4v) is 5.60. The van der Waals surface area contributed by atoms with E-state index < -0.39 is 10.0 Å². The Bertz CT molecular complexity index is 644. The fraction of sp³-hybridized carbons (Fsp3) is 0.786. The predicted octanol–water partition coefficient (Wildman–Crippen LogP) is 0.752. The number of nitrogens with zero attached hydrogens (tertiary/aromatic N) is 4. The predicted molar refractivity (Wildman–Crippen MR) is 80.6 cm³/mol. The smallest absolute Gasteiger partial charge is 0.246 e. The molecule has 3 saturated heterocycles. The van der Waals surface area contributed by atoms with E-state index in [0.717, 1.165) is 32.5 Å². The third kappa shape index (κ3) is 2.31. The van der Waals surface area contributed by atoms with Crippen molar-refractivity contribution in [2.75, 3.05) is 26.7 Å². The van der Waals surface area contributed by atoms with E-state index in [1.165, 1.54) is 0 Å². The molecule has 3 fully saturated rings. The first kappa shape index (κ1) is 15.0. The van der Waals surface area contributed by atoms with Crippen molar-refractivity contribution in [3.8, 4) is 0 Å². The number of sulfonamides is 1. The number of hydrogen-bond donors (Lipinski definition) is 0. The lowest BCUT2D eigenvalue weighted by molar-refractivity contribution is 0.0465. The summed E-state index contributed by atoms with van der Waals surface area (Å²) in [5.74, 6) is 0.493. The van der Waals surface area contributed by atoms with Crippen LogP contribution in [0.2, 0.25) is 0 Å². The van der Waals surface area contributed by atoms with E-state index in [1.807, 2.05) is 6.92 Å². The largest absolute Gasteiger partial charge is 0.302 e. The third-order valence-electron chi connectivity index (χ3n) is 5.17. The lowest BCUT2D eigenvalue weighted by Crippen LogP contribution is -2.57. The van der Waals surface area contributed by atoms with Gasteiger partial charge < -0.3 is 4.90 Å². The van der Waals surface area contributed by atoms with Gasteiger partial charge in [0, 0.05) is 26.7 Å². The number of aryl methyl sites for hydroxylation is 2. The summed E-state index contributed by atoms with van der Waals surface area (Å²) in [5, 5.41) is 4.25. The molecule has 4 heterocycles. The maximum atomic E-state index is 13.0. The van der Waals surface area contributed by atoms with Crippen molar-refractivity contribution in [3.05, 3.63) is 11.4 Å². The van der Waals surface area contributed by atoms with Gasteiger partial charge in [0.05, 0.1) is 11.4 Å². The standard InChI is InChI=1S/C14H24N4O2S/c1-10-14(11(2)16(3)15-10)21(19,20)17(4)13-9-18-7-5-12(13)6-8-18/h12-13H,5-9H2,1-4H3. The molecular weight excluding hydrogens is 288 g/mol. The van der Waals surface area contributed by atoms with Crippen LogP contribution in [0.1, 0.15) is 24.2 Å². The molecule has 0 radical (unpaired) electrons. The molecule has 1 atom stereocenters. The van der Waals surface area contributed by atoms with E-state index in [2.05, 4.69) is 10.00 Å². The Morgan fingerprint density at radius 3 is 2.29 bits per heavy atom. The lowest BCUT2D eigenvalue weighted by Gasteiger charge is -2.47. The van der Waals surface area contributed by atoms with Crippen molar-refractivity contribution >= 4 is 10.0 Å². The van der Waals surface area contributed by atoms with E-state index in [-0.39, 0.29) is 6.04 Å². The molecule has 0 saturated carbocycles. The van der Waals surface area contributed by atoms with Crippen LogP contribution >= 0.6 is 0 Å². The summed E-state index contributed by atoms with van der Waals surface area (Å²) in [6, 6.07) is 0.0940. The van der Waals surface area contributed by atoms with Crippen LogP contribution in [0.25, 0.3) is 0 Å². The van der Waals surface area contributed by atoms with Crippen LogP contribution in [0.3, 0.4) is 0 Å². The molecule has 3 aliphatic rings. The average Bonchev–Trinajstić information content (AvgIpc) is 2.72. The first-order chi connectivity index (χ1) is 9.82. The Morgan fingerprint density at radius 1 is 1.24 bits per heavy atom. The van der Waals surface area contributed by atoms with Crippen molar-refractivity contribution in [3.63, 3.8) is 0 Å². The Morgan fingerprint density at radius 2 is 1.86 bits per heavy atom. The van der Waals surface area contributed by atoms with Crippen LogP contribution < -0.4 is 0 Å². The summed E-state index contributed by atoms with van der Waals surface area (Å²) in [6.45, 7) is 6.67. The van der Waals surface area contributed by atoms with E-state index in [9.17, 15) is 8.42 Å². The first-order valence-electron chi connectivity index (χ1n) is 7.53. The zero-order valence-corrected chi connectivity index (χ0v) is 14.0. The highest BCUT2D eigenvalue weighted by atomic mass is 32.2. The molecule has 118 valence electrons. The number of likely N-dealkylation sites (N-methyl/N-ethyl adjacent to an activating group) is 1. The van der Waals surface area contributed by atoms with Crippen molar-refractivity contribution < 1.29 is 8.42 Å². The van der Waals surface area contributed by atoms with Crippen LogP contribution in [0.5, 0.6) is 0 Å². The highest BCUT2D eigenvalue weighted by molar-refractivity contribution is 7.89. The van der Waals surface area contributed by atoms with Gasteiger partial charge in [-0.05, 0) is 45.7 Å². The Balaban J connectivity index is 1.94. The second kappa shape index (κ2) is 5.07. The molecule has 4 rings (SSSR count). The monoisotopic (exact) mass is 312 g/mol. The highest BCUT2D eigenvalue weighted by Crippen LogP contribution is 2.33. The average molecular weight is 312 g/mol. The maximum absolute atomic E-state index is 13.0. The number of piperidine rings is 3. The molecule has 2 bridgehead atoms. The van der Waals surface area contributed by atoms with E-state index in [0.29, 0.717) is 22.2 Å². The van der Waals surface area contributed by atoms with Gasteiger partial charge in [-0.25, -0.2) is 8.42 Å². The Labute approximate surface area is 126 Å². The molecule has 1 aromatic rings. The zero-order chi connectivity index (χ0) is 15.4. The van der Waals surface area contributed by atoms with Gasteiger partial charge >= 0.3 is 0 Å². The molecule has 0 N–H and O–H groups in total. The molecule has 21 heavy (non-hydrogen) atoms. The number of aromatic nitrogens is 2. The lowest BCUT2D eigenvalue weighted by atomic mass is 9.84. The molecule has 7 heteroatoms. The third-order valence-corrected chi connectivity index (χ3v) is 7.30. The minimum atomic E-state index is -3.48. The molecule has 1 aromatic heterocycles. The van der Waals surface area contributed by atoms with Gasteiger partial charge in [0.25, 0.3) is 0 Å². The van der Waals surface area contributed by atoms with Crippen LogP contribution in [0, 0.1) is 19.8 Å².